The molecule has 0 bridgehead atoms. The summed E-state index contributed by atoms with van der Waals surface area (Å²) in [4.78, 5) is 3.69. The fourth-order valence-corrected chi connectivity index (χ4v) is 1.45. The molecule has 1 aromatic rings. The zero-order chi connectivity index (χ0) is 11.9. The van der Waals surface area contributed by atoms with Crippen molar-refractivity contribution in [3.63, 3.8) is 0 Å². The van der Waals surface area contributed by atoms with Gasteiger partial charge in [-0.3, -0.25) is 0 Å². The number of nitrogens with zero attached hydrogens (tertiary/aromatic N) is 1. The van der Waals surface area contributed by atoms with E-state index in [0.717, 1.165) is 11.6 Å². The minimum Gasteiger partial charge on any atom is -0.248 e. The number of aryl methyl sites for hydroxylation is 1. The van der Waals surface area contributed by atoms with Gasteiger partial charge in [-0.25, -0.2) is 4.98 Å². The van der Waals surface area contributed by atoms with E-state index in [0.29, 0.717) is 5.69 Å². The second-order valence-corrected chi connectivity index (χ2v) is 4.61. The van der Waals surface area contributed by atoms with Crippen molar-refractivity contribution in [1.82, 2.24) is 4.98 Å². The Balaban J connectivity index is 3.30. The second-order valence-electron chi connectivity index (χ2n) is 4.61. The number of hydrogen-bond acceptors (Lipinski definition) is 1. The summed E-state index contributed by atoms with van der Waals surface area (Å²) >= 11 is 0. The van der Waals surface area contributed by atoms with Crippen LogP contribution < -0.4 is 0 Å². The number of aromatic nitrogens is 1. The van der Waals surface area contributed by atoms with E-state index in [1.807, 2.05) is 20.8 Å². The lowest BCUT2D eigenvalue weighted by Crippen LogP contribution is -2.19. The van der Waals surface area contributed by atoms with Crippen molar-refractivity contribution in [3.05, 3.63) is 29.1 Å². The van der Waals surface area contributed by atoms with Crippen LogP contribution in [0.25, 0.3) is 0 Å². The van der Waals surface area contributed by atoms with Crippen molar-refractivity contribution >= 4 is 0 Å². The summed E-state index contributed by atoms with van der Waals surface area (Å²) in [5.41, 5.74) is 0.0941. The average molecular weight is 217 g/mol. The number of alkyl halides is 3. The summed E-state index contributed by atoms with van der Waals surface area (Å²) < 4.78 is 37.3. The fourth-order valence-electron chi connectivity index (χ4n) is 1.45. The van der Waals surface area contributed by atoms with Gasteiger partial charge in [-0.2, -0.15) is 13.2 Å². The molecule has 1 heterocycles. The van der Waals surface area contributed by atoms with Crippen LogP contribution in [-0.4, -0.2) is 4.98 Å². The molecule has 1 nitrogen and oxygen atoms in total. The zero-order valence-corrected chi connectivity index (χ0v) is 9.24. The first-order valence-corrected chi connectivity index (χ1v) is 4.67. The van der Waals surface area contributed by atoms with Gasteiger partial charge in [0.1, 0.15) is 5.69 Å². The first-order chi connectivity index (χ1) is 6.62. The van der Waals surface area contributed by atoms with Crippen LogP contribution in [0.4, 0.5) is 13.2 Å². The first kappa shape index (κ1) is 12.0. The summed E-state index contributed by atoms with van der Waals surface area (Å²) in [6, 6.07) is 2.49. The lowest BCUT2D eigenvalue weighted by Gasteiger charge is -2.21. The Labute approximate surface area is 87.3 Å². The third-order valence-corrected chi connectivity index (χ3v) is 2.10. The molecule has 0 fully saturated rings. The molecule has 1 aromatic heterocycles. The highest BCUT2D eigenvalue weighted by Gasteiger charge is 2.33. The van der Waals surface area contributed by atoms with Gasteiger partial charge in [-0.05, 0) is 18.6 Å². The smallest absolute Gasteiger partial charge is 0.248 e. The molecule has 4 heteroatoms. The monoisotopic (exact) mass is 217 g/mol. The number of rotatable bonds is 0. The van der Waals surface area contributed by atoms with Gasteiger partial charge in [0.05, 0.1) is 0 Å². The molecular weight excluding hydrogens is 203 g/mol. The first-order valence-electron chi connectivity index (χ1n) is 4.67. The lowest BCUT2D eigenvalue weighted by molar-refractivity contribution is -0.141. The predicted molar refractivity (Wildman–Crippen MR) is 52.7 cm³/mol. The summed E-state index contributed by atoms with van der Waals surface area (Å²) in [6.45, 7) is 7.32. The van der Waals surface area contributed by atoms with Crippen LogP contribution in [0.5, 0.6) is 0 Å². The van der Waals surface area contributed by atoms with E-state index in [9.17, 15) is 13.2 Å². The molecule has 0 N–H and O–H groups in total. The van der Waals surface area contributed by atoms with Crippen molar-refractivity contribution in [1.29, 1.82) is 0 Å². The Morgan fingerprint density at radius 1 is 1.07 bits per heavy atom. The van der Waals surface area contributed by atoms with Crippen LogP contribution in [0.1, 0.15) is 37.7 Å². The SMILES string of the molecule is Cc1ccc(C(F)(F)F)nc1C(C)(C)C. The van der Waals surface area contributed by atoms with Crippen molar-refractivity contribution in [2.75, 3.05) is 0 Å². The predicted octanol–water partition coefficient (Wildman–Crippen LogP) is 3.71. The highest BCUT2D eigenvalue weighted by Crippen LogP contribution is 2.31. The van der Waals surface area contributed by atoms with E-state index in [1.54, 1.807) is 6.92 Å². The van der Waals surface area contributed by atoms with Crippen LogP contribution in [0.2, 0.25) is 0 Å². The number of hydrogen-bond donors (Lipinski definition) is 0. The molecular formula is C11H14F3N. The Kier molecular flexibility index (Phi) is 2.81. The molecule has 0 saturated carbocycles. The topological polar surface area (TPSA) is 12.9 Å². The Bertz CT molecular complexity index is 361. The quantitative estimate of drug-likeness (QED) is 0.645. The van der Waals surface area contributed by atoms with Gasteiger partial charge in [0.15, 0.2) is 0 Å². The van der Waals surface area contributed by atoms with E-state index >= 15 is 0 Å². The maximum absolute atomic E-state index is 12.4. The summed E-state index contributed by atoms with van der Waals surface area (Å²) in [5.74, 6) is 0. The molecule has 15 heavy (non-hydrogen) atoms. The van der Waals surface area contributed by atoms with Crippen molar-refractivity contribution < 1.29 is 13.2 Å². The third-order valence-electron chi connectivity index (χ3n) is 2.10. The highest BCUT2D eigenvalue weighted by atomic mass is 19.4. The largest absolute Gasteiger partial charge is 0.433 e. The van der Waals surface area contributed by atoms with Crippen LogP contribution in [0.3, 0.4) is 0 Å². The molecule has 0 aliphatic heterocycles. The van der Waals surface area contributed by atoms with Crippen molar-refractivity contribution in [2.24, 2.45) is 0 Å². The standard InChI is InChI=1S/C11H14F3N/c1-7-5-6-8(11(12,13)14)15-9(7)10(2,3)4/h5-6H,1-4H3. The Morgan fingerprint density at radius 3 is 2.00 bits per heavy atom. The summed E-state index contributed by atoms with van der Waals surface area (Å²) in [5, 5.41) is 0. The van der Waals surface area contributed by atoms with E-state index in [-0.39, 0.29) is 5.41 Å². The Hall–Kier alpha value is -1.06. The molecule has 0 unspecified atom stereocenters. The van der Waals surface area contributed by atoms with E-state index in [4.69, 9.17) is 0 Å². The fraction of sp³-hybridized carbons (Fsp3) is 0.545. The summed E-state index contributed by atoms with van der Waals surface area (Å²) in [6.07, 6.45) is -4.37. The Morgan fingerprint density at radius 2 is 1.60 bits per heavy atom. The van der Waals surface area contributed by atoms with E-state index < -0.39 is 11.9 Å². The molecule has 0 saturated heterocycles. The molecule has 1 rings (SSSR count). The van der Waals surface area contributed by atoms with Crippen molar-refractivity contribution in [2.45, 2.75) is 39.3 Å². The van der Waals surface area contributed by atoms with Crippen LogP contribution >= 0.6 is 0 Å². The van der Waals surface area contributed by atoms with Gasteiger partial charge in [0.2, 0.25) is 0 Å². The minimum atomic E-state index is -4.37. The van der Waals surface area contributed by atoms with Crippen LogP contribution in [0, 0.1) is 6.92 Å². The molecule has 84 valence electrons. The molecule has 0 atom stereocenters. The van der Waals surface area contributed by atoms with Crippen LogP contribution in [-0.2, 0) is 11.6 Å². The second kappa shape index (κ2) is 3.51. The molecule has 0 radical (unpaired) electrons. The number of halogens is 3. The normalized spacial score (nSPS) is 13.0. The van der Waals surface area contributed by atoms with Gasteiger partial charge in [0, 0.05) is 11.1 Å². The maximum Gasteiger partial charge on any atom is 0.433 e. The van der Waals surface area contributed by atoms with Gasteiger partial charge in [-0.15, -0.1) is 0 Å². The molecule has 0 spiro atoms. The molecule has 0 aliphatic carbocycles. The maximum atomic E-state index is 12.4. The van der Waals surface area contributed by atoms with Crippen LogP contribution in [0.15, 0.2) is 12.1 Å². The van der Waals surface area contributed by atoms with Crippen molar-refractivity contribution in [3.8, 4) is 0 Å². The van der Waals surface area contributed by atoms with Gasteiger partial charge in [-0.1, -0.05) is 26.8 Å². The molecule has 0 aromatic carbocycles. The average Bonchev–Trinajstić information content (AvgIpc) is 2.00. The van der Waals surface area contributed by atoms with Gasteiger partial charge in [0.25, 0.3) is 0 Å². The summed E-state index contributed by atoms with van der Waals surface area (Å²) in [7, 11) is 0. The third kappa shape index (κ3) is 2.70. The molecule has 0 aliphatic rings. The lowest BCUT2D eigenvalue weighted by atomic mass is 9.88. The van der Waals surface area contributed by atoms with E-state index in [2.05, 4.69) is 4.98 Å². The zero-order valence-electron chi connectivity index (χ0n) is 9.24. The number of pyridine rings is 1. The van der Waals surface area contributed by atoms with Gasteiger partial charge < -0.3 is 0 Å². The minimum absolute atomic E-state index is 0.370. The van der Waals surface area contributed by atoms with E-state index in [1.165, 1.54) is 6.07 Å². The highest BCUT2D eigenvalue weighted by molar-refractivity contribution is 5.27. The molecule has 0 amide bonds. The van der Waals surface area contributed by atoms with Gasteiger partial charge >= 0.3 is 6.18 Å².